The smallest absolute Gasteiger partial charge is 0.410 e. The second-order valence-electron chi connectivity index (χ2n) is 11.7. The van der Waals surface area contributed by atoms with Crippen LogP contribution < -0.4 is 11.1 Å². The number of ether oxygens (including phenoxy) is 1. The van der Waals surface area contributed by atoms with Crippen molar-refractivity contribution in [2.45, 2.75) is 51.7 Å². The number of hydrogen-bond donors (Lipinski definition) is 2. The molecule has 41 heavy (non-hydrogen) atoms. The van der Waals surface area contributed by atoms with Gasteiger partial charge in [-0.05, 0) is 75.8 Å². The van der Waals surface area contributed by atoms with Crippen LogP contribution in [0.3, 0.4) is 0 Å². The van der Waals surface area contributed by atoms with E-state index in [1.54, 1.807) is 27.8 Å². The SMILES string of the molecule is CC(C)(C)OC(=O)N1CC2(CC2)C[C@H]1c1nc(-c2ccc(C(=O)Nc3cc(Cl)ccn3)cc2F)c2c(N)nccn12. The predicted octanol–water partition coefficient (Wildman–Crippen LogP) is 5.88. The van der Waals surface area contributed by atoms with Gasteiger partial charge in [0.05, 0.1) is 6.04 Å². The molecule has 1 spiro atoms. The Morgan fingerprint density at radius 2 is 1.95 bits per heavy atom. The predicted molar refractivity (Wildman–Crippen MR) is 152 cm³/mol. The molecule has 1 saturated carbocycles. The first-order valence-corrected chi connectivity index (χ1v) is 13.7. The number of anilines is 2. The first kappa shape index (κ1) is 26.9. The Hall–Kier alpha value is -4.25. The Labute approximate surface area is 240 Å². The number of nitrogens with zero attached hydrogens (tertiary/aromatic N) is 5. The molecule has 3 aromatic heterocycles. The van der Waals surface area contributed by atoms with Gasteiger partial charge in [0.1, 0.15) is 40.1 Å². The van der Waals surface area contributed by atoms with Crippen LogP contribution in [0.5, 0.6) is 0 Å². The van der Waals surface area contributed by atoms with Crippen molar-refractivity contribution < 1.29 is 18.7 Å². The van der Waals surface area contributed by atoms with Gasteiger partial charge in [-0.3, -0.25) is 14.1 Å². The van der Waals surface area contributed by atoms with E-state index in [2.05, 4.69) is 15.3 Å². The van der Waals surface area contributed by atoms with E-state index < -0.39 is 29.5 Å². The van der Waals surface area contributed by atoms with Crippen molar-refractivity contribution in [3.05, 3.63) is 71.2 Å². The zero-order chi connectivity index (χ0) is 29.1. The molecule has 212 valence electrons. The summed E-state index contributed by atoms with van der Waals surface area (Å²) in [5.41, 5.74) is 6.59. The summed E-state index contributed by atoms with van der Waals surface area (Å²) in [6.45, 7) is 6.06. The number of aromatic nitrogens is 4. The second-order valence-corrected chi connectivity index (χ2v) is 12.1. The topological polar surface area (TPSA) is 128 Å². The number of nitrogen functional groups attached to an aromatic ring is 1. The van der Waals surface area contributed by atoms with Crippen LogP contribution in [0, 0.1) is 11.2 Å². The summed E-state index contributed by atoms with van der Waals surface area (Å²) >= 11 is 5.97. The number of likely N-dealkylation sites (tertiary alicyclic amines) is 1. The van der Waals surface area contributed by atoms with Gasteiger partial charge >= 0.3 is 6.09 Å². The molecule has 12 heteroatoms. The lowest BCUT2D eigenvalue weighted by molar-refractivity contribution is 0.0211. The third-order valence-corrected chi connectivity index (χ3v) is 7.69. The molecule has 3 N–H and O–H groups in total. The van der Waals surface area contributed by atoms with E-state index >= 15 is 4.39 Å². The maximum absolute atomic E-state index is 15.7. The number of halogens is 2. The van der Waals surface area contributed by atoms with Gasteiger partial charge in [0, 0.05) is 41.3 Å². The van der Waals surface area contributed by atoms with Crippen LogP contribution in [0.4, 0.5) is 20.8 Å². The molecule has 6 rings (SSSR count). The zero-order valence-electron chi connectivity index (χ0n) is 22.8. The summed E-state index contributed by atoms with van der Waals surface area (Å²) in [7, 11) is 0. The van der Waals surface area contributed by atoms with Gasteiger partial charge in [0.2, 0.25) is 0 Å². The molecule has 0 bridgehead atoms. The van der Waals surface area contributed by atoms with Crippen LogP contribution in [-0.2, 0) is 4.74 Å². The normalized spacial score (nSPS) is 17.7. The number of carbonyl (C=O) groups excluding carboxylic acids is 2. The molecule has 4 heterocycles. The fourth-order valence-electron chi connectivity index (χ4n) is 5.36. The number of hydrogen-bond acceptors (Lipinski definition) is 7. The quantitative estimate of drug-likeness (QED) is 0.310. The third-order valence-electron chi connectivity index (χ3n) is 7.45. The number of carbonyl (C=O) groups is 2. The van der Waals surface area contributed by atoms with Crippen molar-refractivity contribution in [2.75, 3.05) is 17.6 Å². The highest BCUT2D eigenvalue weighted by Crippen LogP contribution is 2.58. The van der Waals surface area contributed by atoms with Crippen LogP contribution in [0.15, 0.2) is 48.9 Å². The maximum atomic E-state index is 15.7. The van der Waals surface area contributed by atoms with E-state index in [1.807, 2.05) is 20.8 Å². The summed E-state index contributed by atoms with van der Waals surface area (Å²) in [6, 6.07) is 6.80. The Balaban J connectivity index is 1.38. The average Bonchev–Trinajstić information content (AvgIpc) is 3.37. The van der Waals surface area contributed by atoms with Crippen LogP contribution in [0.25, 0.3) is 16.8 Å². The molecule has 0 radical (unpaired) electrons. The number of pyridine rings is 1. The summed E-state index contributed by atoms with van der Waals surface area (Å²) in [5.74, 6) is -0.254. The molecule has 2 fully saturated rings. The molecule has 1 aliphatic heterocycles. The average molecular weight is 578 g/mol. The lowest BCUT2D eigenvalue weighted by Gasteiger charge is -2.28. The molecule has 2 amide bonds. The minimum atomic E-state index is -0.666. The van der Waals surface area contributed by atoms with Crippen molar-refractivity contribution in [3.8, 4) is 11.3 Å². The summed E-state index contributed by atoms with van der Waals surface area (Å²) in [4.78, 5) is 40.9. The van der Waals surface area contributed by atoms with Crippen molar-refractivity contribution in [3.63, 3.8) is 0 Å². The molecule has 4 aromatic rings. The zero-order valence-corrected chi connectivity index (χ0v) is 23.6. The molecule has 1 atom stereocenters. The second kappa shape index (κ2) is 9.69. The number of amides is 2. The monoisotopic (exact) mass is 577 g/mol. The number of rotatable bonds is 4. The minimum Gasteiger partial charge on any atom is -0.444 e. The Morgan fingerprint density at radius 1 is 1.17 bits per heavy atom. The molecule has 10 nitrogen and oxygen atoms in total. The van der Waals surface area contributed by atoms with Crippen LogP contribution in [0.1, 0.15) is 62.3 Å². The van der Waals surface area contributed by atoms with E-state index in [1.165, 1.54) is 24.4 Å². The number of nitrogens with one attached hydrogen (secondary N) is 1. The van der Waals surface area contributed by atoms with Crippen LogP contribution in [0.2, 0.25) is 5.02 Å². The van der Waals surface area contributed by atoms with E-state index in [0.29, 0.717) is 29.3 Å². The van der Waals surface area contributed by atoms with E-state index in [4.69, 9.17) is 27.1 Å². The number of nitrogens with two attached hydrogens (primary N) is 1. The lowest BCUT2D eigenvalue weighted by atomic mass is 10.0. The van der Waals surface area contributed by atoms with E-state index in [0.717, 1.165) is 18.9 Å². The fraction of sp³-hybridized carbons (Fsp3) is 0.345. The molecular formula is C29H29ClFN7O3. The Morgan fingerprint density at radius 3 is 2.63 bits per heavy atom. The van der Waals surface area contributed by atoms with Gasteiger partial charge in [-0.1, -0.05) is 11.6 Å². The van der Waals surface area contributed by atoms with Gasteiger partial charge in [-0.25, -0.2) is 24.1 Å². The summed E-state index contributed by atoms with van der Waals surface area (Å²) < 4.78 is 23.2. The fourth-order valence-corrected chi connectivity index (χ4v) is 5.52. The molecule has 2 aliphatic rings. The number of fused-ring (bicyclic) bond motifs is 1. The largest absolute Gasteiger partial charge is 0.444 e. The molecule has 0 unspecified atom stereocenters. The van der Waals surface area contributed by atoms with E-state index in [-0.39, 0.29) is 33.9 Å². The highest BCUT2D eigenvalue weighted by molar-refractivity contribution is 6.30. The van der Waals surface area contributed by atoms with Crippen LogP contribution in [-0.4, -0.2) is 48.4 Å². The van der Waals surface area contributed by atoms with Crippen LogP contribution >= 0.6 is 11.6 Å². The van der Waals surface area contributed by atoms with Crippen molar-refractivity contribution >= 4 is 40.8 Å². The van der Waals surface area contributed by atoms with Crippen molar-refractivity contribution in [1.29, 1.82) is 0 Å². The third kappa shape index (κ3) is 5.17. The molecule has 1 saturated heterocycles. The summed E-state index contributed by atoms with van der Waals surface area (Å²) in [6.07, 6.45) is 7.05. The number of benzene rings is 1. The summed E-state index contributed by atoms with van der Waals surface area (Å²) in [5, 5.41) is 3.02. The highest BCUT2D eigenvalue weighted by atomic mass is 35.5. The van der Waals surface area contributed by atoms with Crippen molar-refractivity contribution in [1.82, 2.24) is 24.3 Å². The molecule has 1 aliphatic carbocycles. The number of imidazole rings is 1. The Kier molecular flexibility index (Phi) is 6.37. The highest BCUT2D eigenvalue weighted by Gasteiger charge is 2.55. The Bertz CT molecular complexity index is 1700. The van der Waals surface area contributed by atoms with Crippen molar-refractivity contribution in [2.24, 2.45) is 5.41 Å². The van der Waals surface area contributed by atoms with Gasteiger partial charge in [-0.2, -0.15) is 0 Å². The van der Waals surface area contributed by atoms with Gasteiger partial charge in [0.25, 0.3) is 5.91 Å². The van der Waals surface area contributed by atoms with Gasteiger partial charge in [0.15, 0.2) is 0 Å². The lowest BCUT2D eigenvalue weighted by Crippen LogP contribution is -2.37. The first-order valence-electron chi connectivity index (χ1n) is 13.3. The van der Waals surface area contributed by atoms with E-state index in [9.17, 15) is 9.59 Å². The minimum absolute atomic E-state index is 0.0320. The maximum Gasteiger partial charge on any atom is 0.410 e. The standard InChI is InChI=1S/C29H29ClFN7O3/c1-28(2,3)41-27(40)38-15-29(7-8-29)14-20(38)25-36-22(23-24(32)34-10-11-37(23)25)18-5-4-16(12-19(18)31)26(39)35-21-13-17(30)6-9-33-21/h4-6,9-13,20H,7-8,14-15H2,1-3H3,(H2,32,34)(H,33,35,39)/t20-/m0/s1. The van der Waals surface area contributed by atoms with Gasteiger partial charge in [-0.15, -0.1) is 0 Å². The molecular weight excluding hydrogens is 549 g/mol. The molecule has 1 aromatic carbocycles. The van der Waals surface area contributed by atoms with Gasteiger partial charge < -0.3 is 15.8 Å². The first-order chi connectivity index (χ1) is 19.4.